The molecule has 0 radical (unpaired) electrons. The van der Waals surface area contributed by atoms with Crippen LogP contribution in [0.3, 0.4) is 0 Å². The maximum Gasteiger partial charge on any atom is 0.407 e. The van der Waals surface area contributed by atoms with E-state index in [1.807, 2.05) is 30.3 Å². The highest BCUT2D eigenvalue weighted by Crippen LogP contribution is 2.21. The summed E-state index contributed by atoms with van der Waals surface area (Å²) in [5.74, 6) is 0. The van der Waals surface area contributed by atoms with Gasteiger partial charge in [0.05, 0.1) is 6.04 Å². The van der Waals surface area contributed by atoms with Crippen LogP contribution in [0.1, 0.15) is 24.8 Å². The SMILES string of the molecule is O=C(N[C@@H]1CCC[C@@H]1F)OCc1ccccc1. The van der Waals surface area contributed by atoms with Gasteiger partial charge in [-0.2, -0.15) is 0 Å². The zero-order chi connectivity index (χ0) is 12.1. The Kier molecular flexibility index (Phi) is 3.96. The van der Waals surface area contributed by atoms with Gasteiger partial charge in [0.15, 0.2) is 0 Å². The van der Waals surface area contributed by atoms with Crippen molar-refractivity contribution >= 4 is 6.09 Å². The van der Waals surface area contributed by atoms with Crippen molar-refractivity contribution in [2.24, 2.45) is 0 Å². The highest BCUT2D eigenvalue weighted by Gasteiger charge is 2.28. The predicted octanol–water partition coefficient (Wildman–Crippen LogP) is 2.80. The van der Waals surface area contributed by atoms with Gasteiger partial charge in [0.2, 0.25) is 0 Å². The monoisotopic (exact) mass is 237 g/mol. The summed E-state index contributed by atoms with van der Waals surface area (Å²) in [6.07, 6.45) is 0.582. The number of hydrogen-bond donors (Lipinski definition) is 1. The second kappa shape index (κ2) is 5.66. The maximum absolute atomic E-state index is 13.2. The lowest BCUT2D eigenvalue weighted by Gasteiger charge is -2.14. The van der Waals surface area contributed by atoms with Crippen LogP contribution < -0.4 is 5.32 Å². The second-order valence-electron chi connectivity index (χ2n) is 4.26. The van der Waals surface area contributed by atoms with Crippen molar-refractivity contribution in [2.75, 3.05) is 0 Å². The van der Waals surface area contributed by atoms with Crippen LogP contribution in [0.15, 0.2) is 30.3 Å². The van der Waals surface area contributed by atoms with Gasteiger partial charge in [-0.25, -0.2) is 9.18 Å². The summed E-state index contributed by atoms with van der Waals surface area (Å²) in [4.78, 5) is 11.4. The van der Waals surface area contributed by atoms with E-state index in [9.17, 15) is 9.18 Å². The maximum atomic E-state index is 13.2. The van der Waals surface area contributed by atoms with Gasteiger partial charge >= 0.3 is 6.09 Å². The molecule has 1 amide bonds. The van der Waals surface area contributed by atoms with Crippen LogP contribution in [-0.4, -0.2) is 18.3 Å². The molecule has 1 aliphatic rings. The molecule has 1 aliphatic carbocycles. The van der Waals surface area contributed by atoms with Crippen LogP contribution in [0.4, 0.5) is 9.18 Å². The Morgan fingerprint density at radius 1 is 1.35 bits per heavy atom. The fraction of sp³-hybridized carbons (Fsp3) is 0.462. The first-order chi connectivity index (χ1) is 8.25. The molecule has 0 aromatic heterocycles. The number of alkyl carbamates (subject to hydrolysis) is 1. The molecule has 92 valence electrons. The molecule has 0 unspecified atom stereocenters. The van der Waals surface area contributed by atoms with Crippen molar-refractivity contribution in [3.05, 3.63) is 35.9 Å². The van der Waals surface area contributed by atoms with Crippen LogP contribution >= 0.6 is 0 Å². The molecule has 1 N–H and O–H groups in total. The summed E-state index contributed by atoms with van der Waals surface area (Å²) in [5.41, 5.74) is 0.922. The van der Waals surface area contributed by atoms with Crippen molar-refractivity contribution in [3.8, 4) is 0 Å². The fourth-order valence-corrected chi connectivity index (χ4v) is 1.99. The number of benzene rings is 1. The topological polar surface area (TPSA) is 38.3 Å². The molecule has 3 nitrogen and oxygen atoms in total. The lowest BCUT2D eigenvalue weighted by Crippen LogP contribution is -2.38. The average Bonchev–Trinajstić information content (AvgIpc) is 2.74. The summed E-state index contributed by atoms with van der Waals surface area (Å²) in [6.45, 7) is 0.219. The quantitative estimate of drug-likeness (QED) is 0.877. The van der Waals surface area contributed by atoms with Crippen molar-refractivity contribution < 1.29 is 13.9 Å². The first-order valence-electron chi connectivity index (χ1n) is 5.87. The standard InChI is InChI=1S/C13H16FNO2/c14-11-7-4-8-12(11)15-13(16)17-9-10-5-2-1-3-6-10/h1-3,5-6,11-12H,4,7-9H2,(H,15,16)/t11-,12+/m0/s1. The molecule has 0 bridgehead atoms. The summed E-state index contributed by atoms with van der Waals surface area (Å²) in [6, 6.07) is 9.03. The van der Waals surface area contributed by atoms with Crippen molar-refractivity contribution in [2.45, 2.75) is 38.1 Å². The molecular weight excluding hydrogens is 221 g/mol. The van der Waals surface area contributed by atoms with Gasteiger partial charge in [-0.1, -0.05) is 30.3 Å². The highest BCUT2D eigenvalue weighted by atomic mass is 19.1. The van der Waals surface area contributed by atoms with E-state index >= 15 is 0 Å². The second-order valence-corrected chi connectivity index (χ2v) is 4.26. The van der Waals surface area contributed by atoms with Gasteiger partial charge in [-0.15, -0.1) is 0 Å². The fourth-order valence-electron chi connectivity index (χ4n) is 1.99. The first kappa shape index (κ1) is 11.9. The van der Waals surface area contributed by atoms with Crippen molar-refractivity contribution in [1.82, 2.24) is 5.32 Å². The minimum atomic E-state index is -0.931. The number of amides is 1. The van der Waals surface area contributed by atoms with E-state index in [0.717, 1.165) is 12.0 Å². The van der Waals surface area contributed by atoms with E-state index in [4.69, 9.17) is 4.74 Å². The lowest BCUT2D eigenvalue weighted by molar-refractivity contribution is 0.130. The molecule has 0 aliphatic heterocycles. The molecule has 4 heteroatoms. The van der Waals surface area contributed by atoms with Gasteiger partial charge in [0.1, 0.15) is 12.8 Å². The van der Waals surface area contributed by atoms with Crippen LogP contribution in [0.5, 0.6) is 0 Å². The number of alkyl halides is 1. The Morgan fingerprint density at radius 3 is 2.76 bits per heavy atom. The van der Waals surface area contributed by atoms with Crippen LogP contribution in [-0.2, 0) is 11.3 Å². The molecule has 17 heavy (non-hydrogen) atoms. The number of rotatable bonds is 3. The summed E-state index contributed by atoms with van der Waals surface area (Å²) >= 11 is 0. The first-order valence-corrected chi connectivity index (χ1v) is 5.87. The Morgan fingerprint density at radius 2 is 2.12 bits per heavy atom. The van der Waals surface area contributed by atoms with Gasteiger partial charge in [0, 0.05) is 0 Å². The van der Waals surface area contributed by atoms with Gasteiger partial charge in [0.25, 0.3) is 0 Å². The Labute approximate surface area is 100.0 Å². The third-order valence-electron chi connectivity index (χ3n) is 2.95. The van der Waals surface area contributed by atoms with Crippen molar-refractivity contribution in [1.29, 1.82) is 0 Å². The molecule has 0 heterocycles. The smallest absolute Gasteiger partial charge is 0.407 e. The summed E-state index contributed by atoms with van der Waals surface area (Å²) in [5, 5.41) is 2.56. The molecule has 0 saturated heterocycles. The van der Waals surface area contributed by atoms with E-state index in [0.29, 0.717) is 12.8 Å². The normalized spacial score (nSPS) is 23.4. The number of carbonyl (C=O) groups excluding carboxylic acids is 1. The predicted molar refractivity (Wildman–Crippen MR) is 62.3 cm³/mol. The average molecular weight is 237 g/mol. The summed E-state index contributed by atoms with van der Waals surface area (Å²) in [7, 11) is 0. The molecular formula is C13H16FNO2. The molecule has 2 rings (SSSR count). The Balaban J connectivity index is 1.74. The molecule has 1 saturated carbocycles. The van der Waals surface area contributed by atoms with Gasteiger partial charge in [-0.3, -0.25) is 0 Å². The van der Waals surface area contributed by atoms with E-state index in [1.54, 1.807) is 0 Å². The minimum absolute atomic E-state index is 0.219. The van der Waals surface area contributed by atoms with E-state index in [-0.39, 0.29) is 12.6 Å². The van der Waals surface area contributed by atoms with Crippen LogP contribution in [0.25, 0.3) is 0 Å². The van der Waals surface area contributed by atoms with Crippen molar-refractivity contribution in [3.63, 3.8) is 0 Å². The van der Waals surface area contributed by atoms with Gasteiger partial charge in [-0.05, 0) is 24.8 Å². The molecule has 1 aromatic carbocycles. The van der Waals surface area contributed by atoms with Gasteiger partial charge < -0.3 is 10.1 Å². The van der Waals surface area contributed by atoms with Crippen LogP contribution in [0, 0.1) is 0 Å². The number of halogens is 1. The number of nitrogens with one attached hydrogen (secondary N) is 1. The largest absolute Gasteiger partial charge is 0.445 e. The zero-order valence-corrected chi connectivity index (χ0v) is 9.56. The third kappa shape index (κ3) is 3.44. The Hall–Kier alpha value is -1.58. The lowest BCUT2D eigenvalue weighted by atomic mass is 10.2. The highest BCUT2D eigenvalue weighted by molar-refractivity contribution is 5.67. The third-order valence-corrected chi connectivity index (χ3v) is 2.95. The van der Waals surface area contributed by atoms with E-state index in [2.05, 4.69) is 5.32 Å². The molecule has 1 aromatic rings. The molecule has 0 spiro atoms. The van der Waals surface area contributed by atoms with E-state index < -0.39 is 12.3 Å². The molecule has 2 atom stereocenters. The Bertz CT molecular complexity index is 369. The molecule has 1 fully saturated rings. The zero-order valence-electron chi connectivity index (χ0n) is 9.56. The summed E-state index contributed by atoms with van der Waals surface area (Å²) < 4.78 is 18.3. The number of ether oxygens (including phenoxy) is 1. The van der Waals surface area contributed by atoms with Crippen LogP contribution in [0.2, 0.25) is 0 Å². The number of carbonyl (C=O) groups is 1. The van der Waals surface area contributed by atoms with E-state index in [1.165, 1.54) is 0 Å². The minimum Gasteiger partial charge on any atom is -0.445 e. The number of hydrogen-bond acceptors (Lipinski definition) is 2.